The Balaban J connectivity index is 2.24. The SMILES string of the molecule is CC(C)CC(CN)CC(=O)NC1CCCC1. The fraction of sp³-hybridized carbons (Fsp3) is 0.923. The zero-order valence-corrected chi connectivity index (χ0v) is 10.7. The van der Waals surface area contributed by atoms with Crippen LogP contribution in [0.3, 0.4) is 0 Å². The van der Waals surface area contributed by atoms with Crippen molar-refractivity contribution in [3.63, 3.8) is 0 Å². The highest BCUT2D eigenvalue weighted by atomic mass is 16.1. The molecule has 3 N–H and O–H groups in total. The van der Waals surface area contributed by atoms with Crippen LogP contribution in [0.15, 0.2) is 0 Å². The zero-order chi connectivity index (χ0) is 12.0. The van der Waals surface area contributed by atoms with Gasteiger partial charge in [-0.25, -0.2) is 0 Å². The van der Waals surface area contributed by atoms with Gasteiger partial charge in [-0.3, -0.25) is 4.79 Å². The van der Waals surface area contributed by atoms with Crippen LogP contribution in [0.2, 0.25) is 0 Å². The minimum absolute atomic E-state index is 0.197. The summed E-state index contributed by atoms with van der Waals surface area (Å²) in [7, 11) is 0. The minimum Gasteiger partial charge on any atom is -0.353 e. The van der Waals surface area contributed by atoms with Crippen molar-refractivity contribution in [1.29, 1.82) is 0 Å². The van der Waals surface area contributed by atoms with Gasteiger partial charge in [-0.2, -0.15) is 0 Å². The van der Waals surface area contributed by atoms with Crippen LogP contribution in [0, 0.1) is 11.8 Å². The van der Waals surface area contributed by atoms with Gasteiger partial charge >= 0.3 is 0 Å². The average molecular weight is 226 g/mol. The Morgan fingerprint density at radius 3 is 2.50 bits per heavy atom. The standard InChI is InChI=1S/C13H26N2O/c1-10(2)7-11(9-14)8-13(16)15-12-5-3-4-6-12/h10-12H,3-9,14H2,1-2H3,(H,15,16). The lowest BCUT2D eigenvalue weighted by Crippen LogP contribution is -2.35. The predicted octanol–water partition coefficient (Wildman–Crippen LogP) is 2.06. The number of carbonyl (C=O) groups is 1. The van der Waals surface area contributed by atoms with Crippen LogP contribution in [0.25, 0.3) is 0 Å². The monoisotopic (exact) mass is 226 g/mol. The van der Waals surface area contributed by atoms with Gasteiger partial charge < -0.3 is 11.1 Å². The molecule has 3 heteroatoms. The molecule has 1 amide bonds. The number of hydrogen-bond acceptors (Lipinski definition) is 2. The van der Waals surface area contributed by atoms with E-state index in [1.54, 1.807) is 0 Å². The largest absolute Gasteiger partial charge is 0.353 e. The molecule has 1 saturated carbocycles. The number of amides is 1. The van der Waals surface area contributed by atoms with Crippen molar-refractivity contribution in [2.75, 3.05) is 6.54 Å². The second-order valence-electron chi connectivity index (χ2n) is 5.48. The molecule has 0 saturated heterocycles. The van der Waals surface area contributed by atoms with E-state index < -0.39 is 0 Å². The molecule has 0 aliphatic heterocycles. The summed E-state index contributed by atoms with van der Waals surface area (Å²) in [6.07, 6.45) is 6.49. The van der Waals surface area contributed by atoms with Crippen molar-refractivity contribution >= 4 is 5.91 Å². The fourth-order valence-electron chi connectivity index (χ4n) is 2.55. The van der Waals surface area contributed by atoms with E-state index in [2.05, 4.69) is 19.2 Å². The smallest absolute Gasteiger partial charge is 0.220 e. The van der Waals surface area contributed by atoms with E-state index in [0.717, 1.165) is 19.3 Å². The molecule has 0 aromatic heterocycles. The lowest BCUT2D eigenvalue weighted by molar-refractivity contribution is -0.122. The molecule has 0 spiro atoms. The van der Waals surface area contributed by atoms with E-state index in [4.69, 9.17) is 5.73 Å². The maximum Gasteiger partial charge on any atom is 0.220 e. The van der Waals surface area contributed by atoms with Crippen molar-refractivity contribution in [3.8, 4) is 0 Å². The predicted molar refractivity (Wildman–Crippen MR) is 67.0 cm³/mol. The summed E-state index contributed by atoms with van der Waals surface area (Å²) in [4.78, 5) is 11.8. The third-order valence-electron chi connectivity index (χ3n) is 3.33. The van der Waals surface area contributed by atoms with Crippen molar-refractivity contribution in [2.24, 2.45) is 17.6 Å². The molecule has 0 heterocycles. The van der Waals surface area contributed by atoms with Gasteiger partial charge in [-0.1, -0.05) is 26.7 Å². The Bertz CT molecular complexity index is 210. The summed E-state index contributed by atoms with van der Waals surface area (Å²) < 4.78 is 0. The van der Waals surface area contributed by atoms with Crippen LogP contribution in [0.5, 0.6) is 0 Å². The van der Waals surface area contributed by atoms with Crippen LogP contribution in [0.4, 0.5) is 0 Å². The maximum absolute atomic E-state index is 11.8. The molecule has 1 aliphatic rings. The normalized spacial score (nSPS) is 19.0. The Hall–Kier alpha value is -0.570. The lowest BCUT2D eigenvalue weighted by Gasteiger charge is -2.18. The first-order valence-corrected chi connectivity index (χ1v) is 6.61. The van der Waals surface area contributed by atoms with Gasteiger partial charge in [-0.05, 0) is 37.6 Å². The van der Waals surface area contributed by atoms with E-state index in [-0.39, 0.29) is 5.91 Å². The molecule has 3 nitrogen and oxygen atoms in total. The molecule has 0 aromatic rings. The maximum atomic E-state index is 11.8. The van der Waals surface area contributed by atoms with Crippen molar-refractivity contribution < 1.29 is 4.79 Å². The number of nitrogens with two attached hydrogens (primary N) is 1. The van der Waals surface area contributed by atoms with E-state index in [1.807, 2.05) is 0 Å². The van der Waals surface area contributed by atoms with Gasteiger partial charge in [0, 0.05) is 12.5 Å². The zero-order valence-electron chi connectivity index (χ0n) is 10.7. The molecule has 0 bridgehead atoms. The Kier molecular flexibility index (Phi) is 5.81. The molecule has 16 heavy (non-hydrogen) atoms. The second-order valence-corrected chi connectivity index (χ2v) is 5.48. The lowest BCUT2D eigenvalue weighted by atomic mass is 9.94. The van der Waals surface area contributed by atoms with Gasteiger partial charge in [0.05, 0.1) is 0 Å². The van der Waals surface area contributed by atoms with Gasteiger partial charge in [0.1, 0.15) is 0 Å². The number of hydrogen-bond donors (Lipinski definition) is 2. The molecule has 1 fully saturated rings. The topological polar surface area (TPSA) is 55.1 Å². The summed E-state index contributed by atoms with van der Waals surface area (Å²) in [6, 6.07) is 0.435. The van der Waals surface area contributed by atoms with Crippen LogP contribution in [0.1, 0.15) is 52.4 Å². The van der Waals surface area contributed by atoms with Gasteiger partial charge in [0.25, 0.3) is 0 Å². The van der Waals surface area contributed by atoms with Crippen molar-refractivity contribution in [1.82, 2.24) is 5.32 Å². The molecule has 1 unspecified atom stereocenters. The highest BCUT2D eigenvalue weighted by Crippen LogP contribution is 2.19. The van der Waals surface area contributed by atoms with Crippen molar-refractivity contribution in [2.45, 2.75) is 58.4 Å². The quantitative estimate of drug-likeness (QED) is 0.728. The molecule has 1 rings (SSSR count). The highest BCUT2D eigenvalue weighted by molar-refractivity contribution is 5.76. The molecule has 1 atom stereocenters. The number of rotatable bonds is 6. The number of carbonyl (C=O) groups excluding carboxylic acids is 1. The summed E-state index contributed by atoms with van der Waals surface area (Å²) in [6.45, 7) is 4.98. The van der Waals surface area contributed by atoms with Crippen molar-refractivity contribution in [3.05, 3.63) is 0 Å². The molecular formula is C13H26N2O. The Morgan fingerprint density at radius 1 is 1.38 bits per heavy atom. The highest BCUT2D eigenvalue weighted by Gasteiger charge is 2.19. The third kappa shape index (κ3) is 4.97. The molecule has 1 aliphatic carbocycles. The first-order chi connectivity index (χ1) is 7.61. The van der Waals surface area contributed by atoms with Crippen LogP contribution in [-0.4, -0.2) is 18.5 Å². The Morgan fingerprint density at radius 2 is 2.00 bits per heavy atom. The first-order valence-electron chi connectivity index (χ1n) is 6.61. The summed E-state index contributed by atoms with van der Waals surface area (Å²) in [5.41, 5.74) is 5.70. The number of nitrogens with one attached hydrogen (secondary N) is 1. The fourth-order valence-corrected chi connectivity index (χ4v) is 2.55. The van der Waals surface area contributed by atoms with Crippen LogP contribution >= 0.6 is 0 Å². The molecule has 0 aromatic carbocycles. The van der Waals surface area contributed by atoms with Gasteiger partial charge in [-0.15, -0.1) is 0 Å². The third-order valence-corrected chi connectivity index (χ3v) is 3.33. The van der Waals surface area contributed by atoms with Gasteiger partial charge in [0.2, 0.25) is 5.91 Å². The minimum atomic E-state index is 0.197. The van der Waals surface area contributed by atoms with E-state index in [9.17, 15) is 4.79 Å². The van der Waals surface area contributed by atoms with E-state index in [1.165, 1.54) is 12.8 Å². The molecule has 94 valence electrons. The molecule has 0 radical (unpaired) electrons. The second kappa shape index (κ2) is 6.89. The summed E-state index contributed by atoms with van der Waals surface area (Å²) >= 11 is 0. The summed E-state index contributed by atoms with van der Waals surface area (Å²) in [5, 5.41) is 3.12. The van der Waals surface area contributed by atoms with E-state index >= 15 is 0 Å². The first kappa shape index (κ1) is 13.5. The summed E-state index contributed by atoms with van der Waals surface area (Å²) in [5.74, 6) is 1.16. The van der Waals surface area contributed by atoms with E-state index in [0.29, 0.717) is 30.8 Å². The Labute approximate surface area is 99.2 Å². The van der Waals surface area contributed by atoms with Crippen LogP contribution in [-0.2, 0) is 4.79 Å². The molecular weight excluding hydrogens is 200 g/mol. The van der Waals surface area contributed by atoms with Crippen LogP contribution < -0.4 is 11.1 Å². The average Bonchev–Trinajstić information content (AvgIpc) is 2.68. The van der Waals surface area contributed by atoms with Gasteiger partial charge in [0.15, 0.2) is 0 Å².